The highest BCUT2D eigenvalue weighted by Gasteiger charge is 2.50. The van der Waals surface area contributed by atoms with E-state index in [1.807, 2.05) is 0 Å². The molecular weight excluding hydrogens is 215 g/mol. The Balaban J connectivity index is 4.99. The predicted octanol–water partition coefficient (Wildman–Crippen LogP) is 0.534. The van der Waals surface area contributed by atoms with Crippen molar-refractivity contribution in [1.29, 1.82) is 0 Å². The third-order valence-electron chi connectivity index (χ3n) is 1.08. The maximum atomic E-state index is 11.7. The molecule has 0 aliphatic heterocycles. The number of nitrogens with zero attached hydrogens (tertiary/aromatic N) is 1. The zero-order valence-corrected chi connectivity index (χ0v) is 7.44. The van der Waals surface area contributed by atoms with E-state index >= 15 is 0 Å². The van der Waals surface area contributed by atoms with Crippen molar-refractivity contribution in [2.24, 2.45) is 0 Å². The van der Waals surface area contributed by atoms with E-state index in [1.165, 1.54) is 0 Å². The second-order valence-electron chi connectivity index (χ2n) is 1.89. The van der Waals surface area contributed by atoms with Crippen molar-refractivity contribution in [2.45, 2.75) is 5.51 Å². The van der Waals surface area contributed by atoms with Crippen LogP contribution in [0.1, 0.15) is 0 Å². The molecule has 0 unspecified atom stereocenters. The number of methoxy groups -OCH3 is 1. The Bertz CT molecular complexity index is 295. The highest BCUT2D eigenvalue weighted by atomic mass is 32.2. The summed E-state index contributed by atoms with van der Waals surface area (Å²) in [5, 5.41) is 0. The van der Waals surface area contributed by atoms with Crippen molar-refractivity contribution in [3.05, 3.63) is 0 Å². The van der Waals surface area contributed by atoms with Crippen LogP contribution < -0.4 is 0 Å². The summed E-state index contributed by atoms with van der Waals surface area (Å²) in [6.45, 7) is 0. The highest BCUT2D eigenvalue weighted by Crippen LogP contribution is 2.25. The second-order valence-corrected chi connectivity index (χ2v) is 3.85. The van der Waals surface area contributed by atoms with E-state index in [0.717, 1.165) is 7.11 Å². The zero-order chi connectivity index (χ0) is 10.9. The fourth-order valence-electron chi connectivity index (χ4n) is 0.382. The van der Waals surface area contributed by atoms with Gasteiger partial charge in [0.2, 0.25) is 0 Å². The maximum Gasteiger partial charge on any atom is 0.516 e. The molecule has 78 valence electrons. The Labute approximate surface area is 72.1 Å². The Kier molecular flexibility index (Phi) is 3.14. The topological polar surface area (TPSA) is 63.7 Å². The molecule has 0 N–H and O–H groups in total. The van der Waals surface area contributed by atoms with Crippen LogP contribution in [0, 0.1) is 0 Å². The van der Waals surface area contributed by atoms with Gasteiger partial charge < -0.3 is 4.74 Å². The van der Waals surface area contributed by atoms with Gasteiger partial charge in [-0.1, -0.05) is 0 Å². The van der Waals surface area contributed by atoms with E-state index in [4.69, 9.17) is 0 Å². The third kappa shape index (κ3) is 2.23. The summed E-state index contributed by atoms with van der Waals surface area (Å²) in [6.07, 6.45) is -1.60. The monoisotopic (exact) mass is 221 g/mol. The zero-order valence-electron chi connectivity index (χ0n) is 6.62. The molecule has 0 saturated heterocycles. The van der Waals surface area contributed by atoms with E-state index in [2.05, 4.69) is 4.74 Å². The van der Waals surface area contributed by atoms with Crippen molar-refractivity contribution in [2.75, 3.05) is 14.2 Å². The number of carbonyl (C=O) groups excluding carboxylic acids is 1. The van der Waals surface area contributed by atoms with Crippen LogP contribution >= 0.6 is 0 Å². The average molecular weight is 221 g/mol. The van der Waals surface area contributed by atoms with Crippen molar-refractivity contribution < 1.29 is 31.1 Å². The maximum absolute atomic E-state index is 11.7. The first-order chi connectivity index (χ1) is 5.64. The van der Waals surface area contributed by atoms with E-state index in [0.29, 0.717) is 7.05 Å². The van der Waals surface area contributed by atoms with Gasteiger partial charge in [0, 0.05) is 7.05 Å². The molecule has 0 bridgehead atoms. The summed E-state index contributed by atoms with van der Waals surface area (Å²) in [6, 6.07) is 0. The number of hydrogen-bond acceptors (Lipinski definition) is 4. The molecule has 0 saturated carbocycles. The van der Waals surface area contributed by atoms with Gasteiger partial charge in [-0.25, -0.2) is 4.79 Å². The number of ether oxygens (including phenoxy) is 1. The van der Waals surface area contributed by atoms with Crippen LogP contribution in [0.2, 0.25) is 0 Å². The second kappa shape index (κ2) is 3.40. The molecule has 0 radical (unpaired) electrons. The SMILES string of the molecule is COC(=O)N(C)S(=O)(=O)C(F)(F)F. The molecular formula is C4H6F3NO4S. The molecule has 1 amide bonds. The molecule has 0 atom stereocenters. The lowest BCUT2D eigenvalue weighted by molar-refractivity contribution is -0.0479. The lowest BCUT2D eigenvalue weighted by atomic mass is 11.1. The minimum Gasteiger partial charge on any atom is -0.452 e. The molecule has 0 rings (SSSR count). The lowest BCUT2D eigenvalue weighted by Crippen LogP contribution is -2.41. The van der Waals surface area contributed by atoms with Gasteiger partial charge in [0.25, 0.3) is 0 Å². The van der Waals surface area contributed by atoms with Gasteiger partial charge in [0.05, 0.1) is 7.11 Å². The molecule has 0 aromatic heterocycles. The Morgan fingerprint density at radius 1 is 1.38 bits per heavy atom. The van der Waals surface area contributed by atoms with Gasteiger partial charge in [0.15, 0.2) is 0 Å². The Morgan fingerprint density at radius 3 is 2.00 bits per heavy atom. The number of carbonyl (C=O) groups is 1. The summed E-state index contributed by atoms with van der Waals surface area (Å²) in [5.74, 6) is 0. The molecule has 0 aromatic carbocycles. The molecule has 0 aromatic rings. The first-order valence-electron chi connectivity index (χ1n) is 2.77. The van der Waals surface area contributed by atoms with Crippen LogP contribution in [-0.4, -0.2) is 38.5 Å². The molecule has 13 heavy (non-hydrogen) atoms. The largest absolute Gasteiger partial charge is 0.516 e. The standard InChI is InChI=1S/C4H6F3NO4S/c1-8(3(9)12-2)13(10,11)4(5,6)7/h1-2H3. The van der Waals surface area contributed by atoms with Crippen LogP contribution in [0.15, 0.2) is 0 Å². The van der Waals surface area contributed by atoms with Crippen molar-refractivity contribution >= 4 is 16.1 Å². The summed E-state index contributed by atoms with van der Waals surface area (Å²) < 4.78 is 59.4. The van der Waals surface area contributed by atoms with Gasteiger partial charge in [-0.15, -0.1) is 0 Å². The molecule has 5 nitrogen and oxygen atoms in total. The van der Waals surface area contributed by atoms with Crippen LogP contribution in [0.4, 0.5) is 18.0 Å². The fourth-order valence-corrected chi connectivity index (χ4v) is 0.963. The molecule has 0 heterocycles. The van der Waals surface area contributed by atoms with E-state index in [-0.39, 0.29) is 0 Å². The van der Waals surface area contributed by atoms with Crippen molar-refractivity contribution in [3.63, 3.8) is 0 Å². The highest BCUT2D eigenvalue weighted by molar-refractivity contribution is 7.90. The van der Waals surface area contributed by atoms with E-state index < -0.39 is 25.9 Å². The smallest absolute Gasteiger partial charge is 0.452 e. The summed E-state index contributed by atoms with van der Waals surface area (Å²) in [7, 11) is -4.41. The molecule has 9 heteroatoms. The van der Waals surface area contributed by atoms with Crippen LogP contribution in [-0.2, 0) is 14.8 Å². The molecule has 0 spiro atoms. The third-order valence-corrected chi connectivity index (χ3v) is 2.54. The first-order valence-corrected chi connectivity index (χ1v) is 4.21. The molecule has 0 aliphatic carbocycles. The van der Waals surface area contributed by atoms with Gasteiger partial charge in [-0.2, -0.15) is 25.9 Å². The van der Waals surface area contributed by atoms with Gasteiger partial charge in [-0.05, 0) is 0 Å². The number of amides is 1. The summed E-state index contributed by atoms with van der Waals surface area (Å²) >= 11 is 0. The van der Waals surface area contributed by atoms with Crippen molar-refractivity contribution in [1.82, 2.24) is 4.31 Å². The quantitative estimate of drug-likeness (QED) is 0.648. The molecule has 0 aliphatic rings. The number of halogens is 3. The van der Waals surface area contributed by atoms with E-state index in [1.54, 1.807) is 0 Å². The fraction of sp³-hybridized carbons (Fsp3) is 0.750. The minimum absolute atomic E-state index is 0.453. The Hall–Kier alpha value is -0.990. The van der Waals surface area contributed by atoms with Gasteiger partial charge >= 0.3 is 21.6 Å². The summed E-state index contributed by atoms with van der Waals surface area (Å²) in [4.78, 5) is 10.4. The van der Waals surface area contributed by atoms with Crippen LogP contribution in [0.5, 0.6) is 0 Å². The minimum atomic E-state index is -5.63. The van der Waals surface area contributed by atoms with Gasteiger partial charge in [-0.3, -0.25) is 0 Å². The number of alkyl halides is 3. The average Bonchev–Trinajstić information content (AvgIpc) is 1.99. The predicted molar refractivity (Wildman–Crippen MR) is 35.1 cm³/mol. The number of hydrogen-bond donors (Lipinski definition) is 0. The van der Waals surface area contributed by atoms with Crippen LogP contribution in [0.25, 0.3) is 0 Å². The van der Waals surface area contributed by atoms with Crippen molar-refractivity contribution in [3.8, 4) is 0 Å². The number of sulfonamides is 1. The molecule has 0 fully saturated rings. The van der Waals surface area contributed by atoms with Gasteiger partial charge in [0.1, 0.15) is 0 Å². The number of rotatable bonds is 1. The normalized spacial score (nSPS) is 12.4. The van der Waals surface area contributed by atoms with E-state index in [9.17, 15) is 26.4 Å². The van der Waals surface area contributed by atoms with Crippen LogP contribution in [0.3, 0.4) is 0 Å². The summed E-state index contributed by atoms with van der Waals surface area (Å²) in [5.41, 5.74) is -5.50. The first kappa shape index (κ1) is 12.0. The Morgan fingerprint density at radius 2 is 1.77 bits per heavy atom. The lowest BCUT2D eigenvalue weighted by Gasteiger charge is -2.16.